The average Bonchev–Trinajstić information content (AvgIpc) is 2.56. The first-order valence-corrected chi connectivity index (χ1v) is 9.54. The molecule has 1 saturated heterocycles. The number of aryl methyl sites for hydroxylation is 1. The van der Waals surface area contributed by atoms with Crippen LogP contribution < -0.4 is 0 Å². The predicted molar refractivity (Wildman–Crippen MR) is 95.2 cm³/mol. The van der Waals surface area contributed by atoms with Crippen molar-refractivity contribution in [3.63, 3.8) is 0 Å². The molecule has 1 fully saturated rings. The number of hydrogen-bond donors (Lipinski definition) is 0. The number of ether oxygens (including phenoxy) is 1. The first-order chi connectivity index (χ1) is 10.8. The Labute approximate surface area is 137 Å². The first-order valence-electron chi connectivity index (χ1n) is 9.54. The number of benzene rings is 1. The molecule has 0 radical (unpaired) electrons. The van der Waals surface area contributed by atoms with Crippen LogP contribution in [0.15, 0.2) is 24.3 Å². The van der Waals surface area contributed by atoms with Crippen molar-refractivity contribution in [1.82, 2.24) is 0 Å². The van der Waals surface area contributed by atoms with E-state index in [1.54, 1.807) is 0 Å². The molecule has 2 rings (SSSR count). The van der Waals surface area contributed by atoms with Gasteiger partial charge in [0.2, 0.25) is 0 Å². The van der Waals surface area contributed by atoms with Crippen molar-refractivity contribution < 1.29 is 4.74 Å². The number of rotatable bonds is 9. The van der Waals surface area contributed by atoms with Gasteiger partial charge in [0.25, 0.3) is 0 Å². The molecular weight excluding hydrogens is 268 g/mol. The van der Waals surface area contributed by atoms with Gasteiger partial charge in [0, 0.05) is 0 Å². The predicted octanol–water partition coefficient (Wildman–Crippen LogP) is 6.47. The van der Waals surface area contributed by atoms with Gasteiger partial charge in [-0.2, -0.15) is 0 Å². The van der Waals surface area contributed by atoms with Crippen molar-refractivity contribution in [2.24, 2.45) is 5.92 Å². The standard InChI is InChI=1S/C21H34O/c1-3-5-6-7-8-10-19-13-16-21(22-17-19)20-14-11-18(9-4-2)12-15-20/h11-12,14-15,19,21H,3-10,13,16-17H2,1-2H3. The number of unbranched alkanes of at least 4 members (excludes halogenated alkanes) is 4. The van der Waals surface area contributed by atoms with Crippen LogP contribution in [0.2, 0.25) is 0 Å². The fourth-order valence-corrected chi connectivity index (χ4v) is 3.52. The molecule has 0 saturated carbocycles. The van der Waals surface area contributed by atoms with E-state index in [0.717, 1.165) is 12.5 Å². The quantitative estimate of drug-likeness (QED) is 0.475. The highest BCUT2D eigenvalue weighted by Crippen LogP contribution is 2.32. The van der Waals surface area contributed by atoms with Crippen molar-refractivity contribution in [1.29, 1.82) is 0 Å². The van der Waals surface area contributed by atoms with Crippen LogP contribution in [0.3, 0.4) is 0 Å². The highest BCUT2D eigenvalue weighted by molar-refractivity contribution is 5.24. The third-order valence-electron chi connectivity index (χ3n) is 4.98. The van der Waals surface area contributed by atoms with Gasteiger partial charge in [-0.25, -0.2) is 0 Å². The summed E-state index contributed by atoms with van der Waals surface area (Å²) in [5.41, 5.74) is 2.83. The highest BCUT2D eigenvalue weighted by atomic mass is 16.5. The molecule has 124 valence electrons. The average molecular weight is 303 g/mol. The molecule has 1 aromatic carbocycles. The minimum atomic E-state index is 0.340. The monoisotopic (exact) mass is 302 g/mol. The Morgan fingerprint density at radius 2 is 1.68 bits per heavy atom. The van der Waals surface area contributed by atoms with Gasteiger partial charge >= 0.3 is 0 Å². The van der Waals surface area contributed by atoms with E-state index in [4.69, 9.17) is 4.74 Å². The largest absolute Gasteiger partial charge is 0.373 e. The maximum atomic E-state index is 6.15. The summed E-state index contributed by atoms with van der Waals surface area (Å²) < 4.78 is 6.15. The van der Waals surface area contributed by atoms with Crippen LogP contribution in [0.1, 0.15) is 88.9 Å². The summed E-state index contributed by atoms with van der Waals surface area (Å²) in [6.07, 6.45) is 13.6. The molecule has 1 aliphatic heterocycles. The molecular formula is C21H34O. The van der Waals surface area contributed by atoms with E-state index in [9.17, 15) is 0 Å². The van der Waals surface area contributed by atoms with Crippen LogP contribution in [-0.4, -0.2) is 6.61 Å². The molecule has 1 aromatic rings. The third kappa shape index (κ3) is 5.76. The summed E-state index contributed by atoms with van der Waals surface area (Å²) in [5, 5.41) is 0. The first kappa shape index (κ1) is 17.5. The Morgan fingerprint density at radius 1 is 0.909 bits per heavy atom. The van der Waals surface area contributed by atoms with Crippen molar-refractivity contribution >= 4 is 0 Å². The van der Waals surface area contributed by atoms with E-state index in [0.29, 0.717) is 6.10 Å². The molecule has 22 heavy (non-hydrogen) atoms. The van der Waals surface area contributed by atoms with Crippen molar-refractivity contribution in [3.8, 4) is 0 Å². The van der Waals surface area contributed by atoms with Gasteiger partial charge in [0.1, 0.15) is 0 Å². The molecule has 1 heteroatoms. The molecule has 1 aliphatic rings. The van der Waals surface area contributed by atoms with Gasteiger partial charge in [-0.15, -0.1) is 0 Å². The summed E-state index contributed by atoms with van der Waals surface area (Å²) in [6.45, 7) is 5.49. The fourth-order valence-electron chi connectivity index (χ4n) is 3.52. The second-order valence-corrected chi connectivity index (χ2v) is 6.96. The topological polar surface area (TPSA) is 9.23 Å². The summed E-state index contributed by atoms with van der Waals surface area (Å²) in [5.74, 6) is 0.803. The Hall–Kier alpha value is -0.820. The molecule has 0 N–H and O–H groups in total. The Kier molecular flexibility index (Phi) is 8.01. The second-order valence-electron chi connectivity index (χ2n) is 6.96. The zero-order valence-corrected chi connectivity index (χ0v) is 14.7. The molecule has 1 nitrogen and oxygen atoms in total. The summed E-state index contributed by atoms with van der Waals surface area (Å²) >= 11 is 0. The zero-order chi connectivity index (χ0) is 15.6. The van der Waals surface area contributed by atoms with Crippen LogP contribution in [0.25, 0.3) is 0 Å². The van der Waals surface area contributed by atoms with Crippen molar-refractivity contribution in [2.45, 2.75) is 84.2 Å². The molecule has 0 aromatic heterocycles. The lowest BCUT2D eigenvalue weighted by atomic mass is 9.90. The smallest absolute Gasteiger partial charge is 0.0825 e. The van der Waals surface area contributed by atoms with Crippen molar-refractivity contribution in [2.75, 3.05) is 6.61 Å². The maximum absolute atomic E-state index is 6.15. The maximum Gasteiger partial charge on any atom is 0.0825 e. The molecule has 0 spiro atoms. The molecule has 2 atom stereocenters. The zero-order valence-electron chi connectivity index (χ0n) is 14.7. The van der Waals surface area contributed by atoms with Crippen molar-refractivity contribution in [3.05, 3.63) is 35.4 Å². The van der Waals surface area contributed by atoms with Gasteiger partial charge in [-0.3, -0.25) is 0 Å². The van der Waals surface area contributed by atoms with E-state index in [2.05, 4.69) is 38.1 Å². The van der Waals surface area contributed by atoms with E-state index in [1.165, 1.54) is 75.3 Å². The Morgan fingerprint density at radius 3 is 2.32 bits per heavy atom. The lowest BCUT2D eigenvalue weighted by molar-refractivity contribution is -0.0199. The summed E-state index contributed by atoms with van der Waals surface area (Å²) in [4.78, 5) is 0. The Bertz CT molecular complexity index is 387. The second kappa shape index (κ2) is 10.0. The van der Waals surface area contributed by atoms with Gasteiger partial charge in [0.15, 0.2) is 0 Å². The van der Waals surface area contributed by atoms with E-state index in [-0.39, 0.29) is 0 Å². The van der Waals surface area contributed by atoms with E-state index in [1.807, 2.05) is 0 Å². The number of hydrogen-bond acceptors (Lipinski definition) is 1. The van der Waals surface area contributed by atoms with Gasteiger partial charge in [0.05, 0.1) is 12.7 Å². The molecule has 2 unspecified atom stereocenters. The summed E-state index contributed by atoms with van der Waals surface area (Å²) in [6, 6.07) is 9.12. The van der Waals surface area contributed by atoms with Gasteiger partial charge in [-0.05, 0) is 42.7 Å². The lowest BCUT2D eigenvalue weighted by Gasteiger charge is -2.29. The third-order valence-corrected chi connectivity index (χ3v) is 4.98. The molecule has 0 amide bonds. The van der Waals surface area contributed by atoms with Gasteiger partial charge < -0.3 is 4.74 Å². The van der Waals surface area contributed by atoms with Crippen LogP contribution >= 0.6 is 0 Å². The van der Waals surface area contributed by atoms with Crippen LogP contribution in [0, 0.1) is 5.92 Å². The fraction of sp³-hybridized carbons (Fsp3) is 0.714. The van der Waals surface area contributed by atoms with E-state index < -0.39 is 0 Å². The SMILES string of the molecule is CCCCCCCC1CCC(c2ccc(CCC)cc2)OC1. The minimum absolute atomic E-state index is 0.340. The lowest BCUT2D eigenvalue weighted by Crippen LogP contribution is -2.20. The minimum Gasteiger partial charge on any atom is -0.373 e. The van der Waals surface area contributed by atoms with Crippen LogP contribution in [0.5, 0.6) is 0 Å². The van der Waals surface area contributed by atoms with E-state index >= 15 is 0 Å². The van der Waals surface area contributed by atoms with Crippen LogP contribution in [0.4, 0.5) is 0 Å². The molecule has 0 aliphatic carbocycles. The summed E-state index contributed by atoms with van der Waals surface area (Å²) in [7, 11) is 0. The van der Waals surface area contributed by atoms with Gasteiger partial charge in [-0.1, -0.05) is 76.6 Å². The Balaban J connectivity index is 1.68. The molecule has 1 heterocycles. The van der Waals surface area contributed by atoms with Crippen LogP contribution in [-0.2, 0) is 11.2 Å². The normalized spacial score (nSPS) is 21.9. The molecule has 0 bridgehead atoms. The highest BCUT2D eigenvalue weighted by Gasteiger charge is 2.22.